The maximum Gasteiger partial charge on any atom is 0.306 e. The molecule has 3 atom stereocenters. The molecule has 3 nitrogen and oxygen atoms in total. The topological polar surface area (TPSA) is 49.3 Å². The Bertz CT molecular complexity index is 377. The number of piperidine rings is 1. The lowest BCUT2D eigenvalue weighted by molar-refractivity contribution is -0.143. The van der Waals surface area contributed by atoms with Gasteiger partial charge < -0.3 is 10.4 Å². The average molecular weight is 233 g/mol. The third kappa shape index (κ3) is 2.86. The summed E-state index contributed by atoms with van der Waals surface area (Å²) in [4.78, 5) is 11.0. The van der Waals surface area contributed by atoms with E-state index in [2.05, 4.69) is 24.4 Å². The number of benzene rings is 1. The first-order valence-electron chi connectivity index (χ1n) is 6.19. The van der Waals surface area contributed by atoms with Crippen molar-refractivity contribution >= 4 is 5.97 Å². The number of aliphatic carboxylic acids is 1. The van der Waals surface area contributed by atoms with E-state index in [9.17, 15) is 4.79 Å². The molecule has 0 aromatic heterocycles. The largest absolute Gasteiger partial charge is 0.481 e. The smallest absolute Gasteiger partial charge is 0.306 e. The van der Waals surface area contributed by atoms with Gasteiger partial charge in [-0.1, -0.05) is 37.3 Å². The van der Waals surface area contributed by atoms with Gasteiger partial charge in [0.1, 0.15) is 0 Å². The van der Waals surface area contributed by atoms with Crippen LogP contribution in [-0.2, 0) is 4.79 Å². The van der Waals surface area contributed by atoms with Gasteiger partial charge in [-0.15, -0.1) is 0 Å². The van der Waals surface area contributed by atoms with Gasteiger partial charge in [0.05, 0.1) is 5.92 Å². The van der Waals surface area contributed by atoms with Crippen molar-refractivity contribution in [2.45, 2.75) is 31.7 Å². The van der Waals surface area contributed by atoms with E-state index >= 15 is 0 Å². The Kier molecular flexibility index (Phi) is 3.79. The maximum atomic E-state index is 11.0. The Morgan fingerprint density at radius 2 is 2.12 bits per heavy atom. The summed E-state index contributed by atoms with van der Waals surface area (Å²) in [5, 5.41) is 12.5. The van der Waals surface area contributed by atoms with E-state index in [4.69, 9.17) is 5.11 Å². The van der Waals surface area contributed by atoms with Crippen LogP contribution in [0.4, 0.5) is 0 Å². The molecule has 0 bridgehead atoms. The van der Waals surface area contributed by atoms with Crippen LogP contribution in [0.25, 0.3) is 0 Å². The summed E-state index contributed by atoms with van der Waals surface area (Å²) in [5.74, 6) is -0.484. The monoisotopic (exact) mass is 233 g/mol. The summed E-state index contributed by atoms with van der Waals surface area (Å²) in [6, 6.07) is 10.6. The van der Waals surface area contributed by atoms with E-state index in [1.54, 1.807) is 0 Å². The second kappa shape index (κ2) is 5.32. The first-order valence-corrected chi connectivity index (χ1v) is 6.19. The van der Waals surface area contributed by atoms with E-state index in [1.807, 2.05) is 18.2 Å². The molecule has 3 heteroatoms. The molecule has 1 aliphatic rings. The van der Waals surface area contributed by atoms with Crippen LogP contribution in [0.5, 0.6) is 0 Å². The average Bonchev–Trinajstić information content (AvgIpc) is 2.39. The van der Waals surface area contributed by atoms with Crippen LogP contribution in [-0.4, -0.2) is 23.7 Å². The molecule has 0 aliphatic carbocycles. The molecular weight excluding hydrogens is 214 g/mol. The number of nitrogens with one attached hydrogen (secondary N) is 1. The Morgan fingerprint density at radius 1 is 1.41 bits per heavy atom. The zero-order chi connectivity index (χ0) is 12.3. The molecule has 0 amide bonds. The molecule has 0 saturated carbocycles. The molecule has 92 valence electrons. The fourth-order valence-electron chi connectivity index (χ4n) is 2.54. The molecule has 0 spiro atoms. The normalized spacial score (nSPS) is 26.4. The molecular formula is C14H19NO2. The van der Waals surface area contributed by atoms with Gasteiger partial charge in [-0.3, -0.25) is 4.79 Å². The number of hydrogen-bond acceptors (Lipinski definition) is 2. The van der Waals surface area contributed by atoms with Gasteiger partial charge in [0.15, 0.2) is 0 Å². The second-order valence-corrected chi connectivity index (χ2v) is 4.82. The fraction of sp³-hybridized carbons (Fsp3) is 0.500. The summed E-state index contributed by atoms with van der Waals surface area (Å²) in [6.45, 7) is 2.97. The Hall–Kier alpha value is -1.35. The minimum Gasteiger partial charge on any atom is -0.481 e. The van der Waals surface area contributed by atoms with Crippen LogP contribution in [0, 0.1) is 5.92 Å². The minimum absolute atomic E-state index is 0.188. The van der Waals surface area contributed by atoms with Gasteiger partial charge in [0.25, 0.3) is 0 Å². The van der Waals surface area contributed by atoms with Crippen LogP contribution in [0.1, 0.15) is 31.2 Å². The number of carboxylic acids is 1. The third-order valence-electron chi connectivity index (χ3n) is 3.72. The van der Waals surface area contributed by atoms with Crippen molar-refractivity contribution in [2.75, 3.05) is 6.54 Å². The molecule has 2 rings (SSSR count). The van der Waals surface area contributed by atoms with Gasteiger partial charge in [0, 0.05) is 6.04 Å². The van der Waals surface area contributed by atoms with Crippen LogP contribution < -0.4 is 5.32 Å². The van der Waals surface area contributed by atoms with Gasteiger partial charge in [0.2, 0.25) is 0 Å². The van der Waals surface area contributed by atoms with Gasteiger partial charge in [-0.25, -0.2) is 0 Å². The molecule has 1 fully saturated rings. The lowest BCUT2D eigenvalue weighted by atomic mass is 9.83. The molecule has 17 heavy (non-hydrogen) atoms. The molecule has 1 aromatic carbocycles. The molecule has 0 radical (unpaired) electrons. The number of rotatable bonds is 3. The number of carboxylic acid groups (broad SMARTS) is 1. The zero-order valence-electron chi connectivity index (χ0n) is 10.1. The van der Waals surface area contributed by atoms with E-state index < -0.39 is 5.97 Å². The molecule has 1 saturated heterocycles. The molecule has 3 unspecified atom stereocenters. The molecule has 1 aliphatic heterocycles. The van der Waals surface area contributed by atoms with Crippen molar-refractivity contribution in [1.29, 1.82) is 0 Å². The highest BCUT2D eigenvalue weighted by Gasteiger charge is 2.30. The van der Waals surface area contributed by atoms with Crippen molar-refractivity contribution in [3.8, 4) is 0 Å². The van der Waals surface area contributed by atoms with E-state index in [1.165, 1.54) is 5.56 Å². The number of hydrogen-bond donors (Lipinski definition) is 2. The van der Waals surface area contributed by atoms with Crippen LogP contribution >= 0.6 is 0 Å². The Morgan fingerprint density at radius 3 is 2.76 bits per heavy atom. The SMILES string of the molecule is CC(c1ccccc1)C1CC(C(=O)O)CCN1. The lowest BCUT2D eigenvalue weighted by Crippen LogP contribution is -2.43. The first kappa shape index (κ1) is 12.1. The van der Waals surface area contributed by atoms with Crippen molar-refractivity contribution in [2.24, 2.45) is 5.92 Å². The minimum atomic E-state index is -0.656. The summed E-state index contributed by atoms with van der Waals surface area (Å²) in [6.07, 6.45) is 1.47. The van der Waals surface area contributed by atoms with Crippen LogP contribution in [0.15, 0.2) is 30.3 Å². The molecule has 2 N–H and O–H groups in total. The first-order chi connectivity index (χ1) is 8.18. The van der Waals surface area contributed by atoms with Gasteiger partial charge in [-0.2, -0.15) is 0 Å². The van der Waals surface area contributed by atoms with Crippen LogP contribution in [0.3, 0.4) is 0 Å². The molecule has 1 heterocycles. The third-order valence-corrected chi connectivity index (χ3v) is 3.72. The summed E-state index contributed by atoms with van der Waals surface area (Å²) < 4.78 is 0. The second-order valence-electron chi connectivity index (χ2n) is 4.82. The lowest BCUT2D eigenvalue weighted by Gasteiger charge is -2.32. The van der Waals surface area contributed by atoms with E-state index in [0.29, 0.717) is 5.92 Å². The van der Waals surface area contributed by atoms with Crippen molar-refractivity contribution in [3.63, 3.8) is 0 Å². The van der Waals surface area contributed by atoms with E-state index in [-0.39, 0.29) is 12.0 Å². The highest BCUT2D eigenvalue weighted by Crippen LogP contribution is 2.27. The predicted molar refractivity (Wildman–Crippen MR) is 67.0 cm³/mol. The van der Waals surface area contributed by atoms with Crippen LogP contribution in [0.2, 0.25) is 0 Å². The summed E-state index contributed by atoms with van der Waals surface area (Å²) in [5.41, 5.74) is 1.27. The summed E-state index contributed by atoms with van der Waals surface area (Å²) >= 11 is 0. The van der Waals surface area contributed by atoms with E-state index in [0.717, 1.165) is 19.4 Å². The standard InChI is InChI=1S/C14H19NO2/c1-10(11-5-3-2-4-6-11)13-9-12(14(16)17)7-8-15-13/h2-6,10,12-13,15H,7-9H2,1H3,(H,16,17). The maximum absolute atomic E-state index is 11.0. The van der Waals surface area contributed by atoms with Gasteiger partial charge >= 0.3 is 5.97 Å². The predicted octanol–water partition coefficient (Wildman–Crippen LogP) is 2.24. The highest BCUT2D eigenvalue weighted by atomic mass is 16.4. The van der Waals surface area contributed by atoms with Crippen molar-refractivity contribution < 1.29 is 9.90 Å². The zero-order valence-corrected chi connectivity index (χ0v) is 10.1. The summed E-state index contributed by atoms with van der Waals surface area (Å²) in [7, 11) is 0. The van der Waals surface area contributed by atoms with Crippen molar-refractivity contribution in [1.82, 2.24) is 5.32 Å². The fourth-order valence-corrected chi connectivity index (χ4v) is 2.54. The quantitative estimate of drug-likeness (QED) is 0.841. The van der Waals surface area contributed by atoms with Gasteiger partial charge in [-0.05, 0) is 30.9 Å². The molecule has 1 aromatic rings. The van der Waals surface area contributed by atoms with Crippen molar-refractivity contribution in [3.05, 3.63) is 35.9 Å². The Labute approximate surface area is 102 Å². The highest BCUT2D eigenvalue weighted by molar-refractivity contribution is 5.70. The Balaban J connectivity index is 2.05. The number of carbonyl (C=O) groups is 1.